The van der Waals surface area contributed by atoms with Crippen LogP contribution in [0.3, 0.4) is 0 Å². The van der Waals surface area contributed by atoms with Crippen LogP contribution in [0, 0.1) is 5.92 Å². The van der Waals surface area contributed by atoms with Crippen LogP contribution in [0.2, 0.25) is 0 Å². The largest absolute Gasteiger partial charge is 0.357 e. The number of amides is 1. The highest BCUT2D eigenvalue weighted by atomic mass is 16.2. The second-order valence-electron chi connectivity index (χ2n) is 6.66. The SMILES string of the molecule is CCNC(=NCC(=O)NC(C)(C)C)N1CCCC(C)C1. The van der Waals surface area contributed by atoms with E-state index in [1.54, 1.807) is 0 Å². The summed E-state index contributed by atoms with van der Waals surface area (Å²) in [5.41, 5.74) is -0.204. The van der Waals surface area contributed by atoms with Gasteiger partial charge < -0.3 is 15.5 Å². The highest BCUT2D eigenvalue weighted by Gasteiger charge is 2.20. The maximum Gasteiger partial charge on any atom is 0.242 e. The standard InChI is InChI=1S/C15H30N4O/c1-6-16-14(19-9-7-8-12(2)11-19)17-10-13(20)18-15(3,4)5/h12H,6-11H2,1-5H3,(H,16,17)(H,18,20). The molecule has 0 aromatic heterocycles. The number of carbonyl (C=O) groups excluding carboxylic acids is 1. The Balaban J connectivity index is 2.60. The van der Waals surface area contributed by atoms with E-state index in [1.807, 2.05) is 20.8 Å². The number of hydrogen-bond acceptors (Lipinski definition) is 2. The molecular weight excluding hydrogens is 252 g/mol. The zero-order chi connectivity index (χ0) is 15.2. The molecule has 20 heavy (non-hydrogen) atoms. The number of nitrogens with one attached hydrogen (secondary N) is 2. The monoisotopic (exact) mass is 282 g/mol. The summed E-state index contributed by atoms with van der Waals surface area (Å²) < 4.78 is 0. The molecule has 1 saturated heterocycles. The molecule has 1 rings (SSSR count). The van der Waals surface area contributed by atoms with Crippen molar-refractivity contribution in [2.45, 2.75) is 53.0 Å². The molecule has 0 aromatic rings. The lowest BCUT2D eigenvalue weighted by molar-refractivity contribution is -0.121. The van der Waals surface area contributed by atoms with Gasteiger partial charge in [0, 0.05) is 25.2 Å². The van der Waals surface area contributed by atoms with Crippen molar-refractivity contribution in [3.63, 3.8) is 0 Å². The molecular formula is C15H30N4O. The van der Waals surface area contributed by atoms with Crippen molar-refractivity contribution in [2.75, 3.05) is 26.2 Å². The molecule has 1 amide bonds. The van der Waals surface area contributed by atoms with E-state index in [0.717, 1.165) is 25.6 Å². The van der Waals surface area contributed by atoms with E-state index in [1.165, 1.54) is 12.8 Å². The summed E-state index contributed by atoms with van der Waals surface area (Å²) in [6, 6.07) is 0. The van der Waals surface area contributed by atoms with Gasteiger partial charge in [-0.1, -0.05) is 6.92 Å². The van der Waals surface area contributed by atoms with Crippen LogP contribution in [0.4, 0.5) is 0 Å². The van der Waals surface area contributed by atoms with Crippen LogP contribution >= 0.6 is 0 Å². The number of carbonyl (C=O) groups is 1. The molecule has 2 N–H and O–H groups in total. The molecule has 0 spiro atoms. The third-order valence-corrected chi connectivity index (χ3v) is 3.18. The highest BCUT2D eigenvalue weighted by molar-refractivity contribution is 5.85. The van der Waals surface area contributed by atoms with E-state index < -0.39 is 0 Å². The van der Waals surface area contributed by atoms with E-state index in [0.29, 0.717) is 5.92 Å². The number of guanidine groups is 1. The Kier molecular flexibility index (Phi) is 6.30. The average Bonchev–Trinajstić information content (AvgIpc) is 2.32. The second kappa shape index (κ2) is 7.50. The van der Waals surface area contributed by atoms with Gasteiger partial charge >= 0.3 is 0 Å². The maximum atomic E-state index is 11.9. The number of nitrogens with zero attached hydrogens (tertiary/aromatic N) is 2. The van der Waals surface area contributed by atoms with E-state index >= 15 is 0 Å². The smallest absolute Gasteiger partial charge is 0.242 e. The Labute approximate surface area is 123 Å². The topological polar surface area (TPSA) is 56.7 Å². The fourth-order valence-corrected chi connectivity index (χ4v) is 2.41. The summed E-state index contributed by atoms with van der Waals surface area (Å²) in [7, 11) is 0. The molecule has 1 heterocycles. The average molecular weight is 282 g/mol. The van der Waals surface area contributed by atoms with E-state index in [-0.39, 0.29) is 18.0 Å². The van der Waals surface area contributed by atoms with E-state index in [2.05, 4.69) is 34.4 Å². The summed E-state index contributed by atoms with van der Waals surface area (Å²) in [6.07, 6.45) is 2.47. The maximum absolute atomic E-state index is 11.9. The first kappa shape index (κ1) is 16.8. The molecule has 1 fully saturated rings. The fraction of sp³-hybridized carbons (Fsp3) is 0.867. The summed E-state index contributed by atoms with van der Waals surface area (Å²) >= 11 is 0. The molecule has 0 bridgehead atoms. The zero-order valence-electron chi connectivity index (χ0n) is 13.6. The first-order valence-corrected chi connectivity index (χ1v) is 7.66. The quantitative estimate of drug-likeness (QED) is 0.610. The highest BCUT2D eigenvalue weighted by Crippen LogP contribution is 2.15. The van der Waals surface area contributed by atoms with Crippen molar-refractivity contribution in [3.05, 3.63) is 0 Å². The molecule has 0 aliphatic carbocycles. The van der Waals surface area contributed by atoms with Crippen molar-refractivity contribution < 1.29 is 4.79 Å². The van der Waals surface area contributed by atoms with E-state index in [4.69, 9.17) is 0 Å². The van der Waals surface area contributed by atoms with Crippen molar-refractivity contribution >= 4 is 11.9 Å². The Bertz CT molecular complexity index is 346. The number of aliphatic imine (C=N–C) groups is 1. The lowest BCUT2D eigenvalue weighted by atomic mass is 10.0. The van der Waals surface area contributed by atoms with Crippen LogP contribution in [0.5, 0.6) is 0 Å². The summed E-state index contributed by atoms with van der Waals surface area (Å²) in [6.45, 7) is 13.3. The summed E-state index contributed by atoms with van der Waals surface area (Å²) in [5, 5.41) is 6.22. The molecule has 1 unspecified atom stereocenters. The van der Waals surface area contributed by atoms with Gasteiger partial charge in [-0.25, -0.2) is 4.99 Å². The zero-order valence-corrected chi connectivity index (χ0v) is 13.6. The van der Waals surface area contributed by atoms with Gasteiger partial charge in [0.2, 0.25) is 5.91 Å². The molecule has 5 heteroatoms. The number of rotatable bonds is 3. The van der Waals surface area contributed by atoms with Gasteiger partial charge in [-0.05, 0) is 46.5 Å². The lowest BCUT2D eigenvalue weighted by Crippen LogP contribution is -2.47. The molecule has 1 aliphatic rings. The normalized spacial score (nSPS) is 20.8. The van der Waals surface area contributed by atoms with Gasteiger partial charge in [0.25, 0.3) is 0 Å². The number of piperidine rings is 1. The third-order valence-electron chi connectivity index (χ3n) is 3.18. The van der Waals surface area contributed by atoms with Gasteiger partial charge in [-0.15, -0.1) is 0 Å². The van der Waals surface area contributed by atoms with Crippen LogP contribution in [0.25, 0.3) is 0 Å². The number of hydrogen-bond donors (Lipinski definition) is 2. The van der Waals surface area contributed by atoms with Crippen LogP contribution in [-0.4, -0.2) is 48.5 Å². The molecule has 1 atom stereocenters. The second-order valence-corrected chi connectivity index (χ2v) is 6.66. The van der Waals surface area contributed by atoms with Gasteiger partial charge in [-0.3, -0.25) is 4.79 Å². The van der Waals surface area contributed by atoms with Crippen molar-refractivity contribution in [2.24, 2.45) is 10.9 Å². The molecule has 0 radical (unpaired) electrons. The minimum Gasteiger partial charge on any atom is -0.357 e. The Hall–Kier alpha value is -1.26. The van der Waals surface area contributed by atoms with Crippen LogP contribution in [0.15, 0.2) is 4.99 Å². The predicted molar refractivity (Wildman–Crippen MR) is 83.8 cm³/mol. The Morgan fingerprint density at radius 1 is 1.40 bits per heavy atom. The van der Waals surface area contributed by atoms with Gasteiger partial charge in [0.15, 0.2) is 5.96 Å². The first-order valence-electron chi connectivity index (χ1n) is 7.66. The summed E-state index contributed by atoms with van der Waals surface area (Å²) in [5.74, 6) is 1.53. The van der Waals surface area contributed by atoms with Crippen LogP contribution in [-0.2, 0) is 4.79 Å². The predicted octanol–water partition coefficient (Wildman–Crippen LogP) is 1.60. The molecule has 1 aliphatic heterocycles. The summed E-state index contributed by atoms with van der Waals surface area (Å²) in [4.78, 5) is 18.6. The van der Waals surface area contributed by atoms with Gasteiger partial charge in [0.1, 0.15) is 6.54 Å². The minimum atomic E-state index is -0.204. The van der Waals surface area contributed by atoms with E-state index in [9.17, 15) is 4.79 Å². The fourth-order valence-electron chi connectivity index (χ4n) is 2.41. The minimum absolute atomic E-state index is 0.0297. The molecule has 5 nitrogen and oxygen atoms in total. The molecule has 0 aromatic carbocycles. The van der Waals surface area contributed by atoms with Crippen molar-refractivity contribution in [3.8, 4) is 0 Å². The number of likely N-dealkylation sites (tertiary alicyclic amines) is 1. The first-order chi connectivity index (χ1) is 9.31. The third kappa shape index (κ3) is 6.26. The van der Waals surface area contributed by atoms with Crippen molar-refractivity contribution in [1.29, 1.82) is 0 Å². The van der Waals surface area contributed by atoms with Gasteiger partial charge in [0.05, 0.1) is 0 Å². The van der Waals surface area contributed by atoms with Gasteiger partial charge in [-0.2, -0.15) is 0 Å². The Morgan fingerprint density at radius 2 is 2.10 bits per heavy atom. The Morgan fingerprint density at radius 3 is 2.65 bits per heavy atom. The lowest BCUT2D eigenvalue weighted by Gasteiger charge is -2.33. The molecule has 0 saturated carbocycles. The van der Waals surface area contributed by atoms with Crippen LogP contribution in [0.1, 0.15) is 47.5 Å². The van der Waals surface area contributed by atoms with Crippen LogP contribution < -0.4 is 10.6 Å². The molecule has 116 valence electrons. The van der Waals surface area contributed by atoms with Crippen molar-refractivity contribution in [1.82, 2.24) is 15.5 Å².